The summed E-state index contributed by atoms with van der Waals surface area (Å²) in [6, 6.07) is 15.0. The average molecular weight is 426 g/mol. The van der Waals surface area contributed by atoms with Crippen molar-refractivity contribution >= 4 is 28.1 Å². The molecule has 138 valence electrons. The highest BCUT2D eigenvalue weighted by Crippen LogP contribution is 2.22. The Bertz CT molecular complexity index is 1020. The van der Waals surface area contributed by atoms with E-state index >= 15 is 0 Å². The number of hydrazone groups is 1. The van der Waals surface area contributed by atoms with Crippen molar-refractivity contribution in [2.24, 2.45) is 5.10 Å². The molecule has 0 aliphatic rings. The number of carbonyl (C=O) groups is 1. The van der Waals surface area contributed by atoms with Crippen LogP contribution in [0.1, 0.15) is 32.9 Å². The summed E-state index contributed by atoms with van der Waals surface area (Å²) >= 11 is 3.28. The Labute approximate surface area is 166 Å². The van der Waals surface area contributed by atoms with E-state index in [2.05, 4.69) is 62.2 Å². The lowest BCUT2D eigenvalue weighted by Gasteiger charge is -2.09. The minimum Gasteiger partial charge on any atom is -0.507 e. The second-order valence-electron chi connectivity index (χ2n) is 6.36. The number of nitrogens with one attached hydrogen (secondary N) is 1. The van der Waals surface area contributed by atoms with Gasteiger partial charge >= 0.3 is 0 Å². The van der Waals surface area contributed by atoms with Gasteiger partial charge in [0.2, 0.25) is 0 Å². The number of nitrogens with zero attached hydrogens (tertiary/aromatic N) is 2. The highest BCUT2D eigenvalue weighted by Gasteiger charge is 2.12. The SMILES string of the molecule is Cc1ccc(-n2c(C)cc(/C=N/NC(=O)c3cc(Br)ccc3O)c2C)cc1. The van der Waals surface area contributed by atoms with Gasteiger partial charge in [0.1, 0.15) is 5.75 Å². The number of aromatic nitrogens is 1. The number of hydrogen-bond acceptors (Lipinski definition) is 3. The van der Waals surface area contributed by atoms with Crippen LogP contribution in [0.25, 0.3) is 5.69 Å². The summed E-state index contributed by atoms with van der Waals surface area (Å²) in [5.41, 5.74) is 7.92. The van der Waals surface area contributed by atoms with Gasteiger partial charge in [-0.15, -0.1) is 0 Å². The van der Waals surface area contributed by atoms with Gasteiger partial charge in [-0.25, -0.2) is 5.43 Å². The minimum atomic E-state index is -0.475. The van der Waals surface area contributed by atoms with Gasteiger partial charge in [-0.05, 0) is 57.2 Å². The molecular weight excluding hydrogens is 406 g/mol. The van der Waals surface area contributed by atoms with Crippen LogP contribution in [0.2, 0.25) is 0 Å². The third-order valence-electron chi connectivity index (χ3n) is 4.34. The molecule has 6 heteroatoms. The Morgan fingerprint density at radius 2 is 1.81 bits per heavy atom. The molecule has 0 saturated carbocycles. The number of phenols is 1. The van der Waals surface area contributed by atoms with Crippen LogP contribution in [-0.2, 0) is 0 Å². The van der Waals surface area contributed by atoms with Crippen molar-refractivity contribution in [3.8, 4) is 11.4 Å². The second-order valence-corrected chi connectivity index (χ2v) is 7.27. The van der Waals surface area contributed by atoms with Crippen molar-refractivity contribution in [1.82, 2.24) is 9.99 Å². The van der Waals surface area contributed by atoms with Crippen LogP contribution >= 0.6 is 15.9 Å². The largest absolute Gasteiger partial charge is 0.507 e. The van der Waals surface area contributed by atoms with Gasteiger partial charge in [-0.2, -0.15) is 5.10 Å². The lowest BCUT2D eigenvalue weighted by molar-refractivity contribution is 0.0952. The summed E-state index contributed by atoms with van der Waals surface area (Å²) in [7, 11) is 0. The van der Waals surface area contributed by atoms with E-state index in [4.69, 9.17) is 0 Å². The van der Waals surface area contributed by atoms with E-state index in [1.165, 1.54) is 11.6 Å². The molecule has 1 heterocycles. The minimum absolute atomic E-state index is 0.0940. The fourth-order valence-corrected chi connectivity index (χ4v) is 3.28. The zero-order valence-electron chi connectivity index (χ0n) is 15.3. The third-order valence-corrected chi connectivity index (χ3v) is 4.83. The summed E-state index contributed by atoms with van der Waals surface area (Å²) in [5, 5.41) is 13.9. The van der Waals surface area contributed by atoms with Crippen molar-refractivity contribution in [2.45, 2.75) is 20.8 Å². The first-order valence-corrected chi connectivity index (χ1v) is 9.24. The number of aromatic hydroxyl groups is 1. The summed E-state index contributed by atoms with van der Waals surface area (Å²) in [5.74, 6) is -0.569. The normalized spacial score (nSPS) is 11.1. The number of aryl methyl sites for hydroxylation is 2. The molecule has 0 radical (unpaired) electrons. The molecule has 2 N–H and O–H groups in total. The van der Waals surface area contributed by atoms with Gasteiger partial charge in [0, 0.05) is 27.1 Å². The maximum atomic E-state index is 12.2. The number of benzene rings is 2. The Kier molecular flexibility index (Phi) is 5.46. The number of phenolic OH excluding ortho intramolecular Hbond substituents is 1. The predicted octanol–water partition coefficient (Wildman–Crippen LogP) is 4.63. The molecule has 1 amide bonds. The van der Waals surface area contributed by atoms with Crippen LogP contribution in [0.4, 0.5) is 0 Å². The number of halogens is 1. The molecule has 2 aromatic carbocycles. The van der Waals surface area contributed by atoms with Gasteiger partial charge in [0.25, 0.3) is 5.91 Å². The smallest absolute Gasteiger partial charge is 0.275 e. The molecule has 0 spiro atoms. The second kappa shape index (κ2) is 7.80. The fourth-order valence-electron chi connectivity index (χ4n) is 2.92. The fraction of sp³-hybridized carbons (Fsp3) is 0.143. The van der Waals surface area contributed by atoms with Crippen LogP contribution in [-0.4, -0.2) is 21.8 Å². The zero-order valence-corrected chi connectivity index (χ0v) is 16.9. The topological polar surface area (TPSA) is 66.6 Å². The quantitative estimate of drug-likeness (QED) is 0.472. The van der Waals surface area contributed by atoms with Gasteiger partial charge in [0.15, 0.2) is 0 Å². The molecule has 0 aliphatic heterocycles. The standard InChI is InChI=1S/C21H20BrN3O2/c1-13-4-7-18(8-5-13)25-14(2)10-16(15(25)3)12-23-24-21(27)19-11-17(22)6-9-20(19)26/h4-12,26H,1-3H3,(H,24,27)/b23-12+. The number of hydrogen-bond donors (Lipinski definition) is 2. The molecule has 0 saturated heterocycles. The Morgan fingerprint density at radius 3 is 2.52 bits per heavy atom. The summed E-state index contributed by atoms with van der Waals surface area (Å²) in [6.07, 6.45) is 1.61. The first-order chi connectivity index (χ1) is 12.9. The van der Waals surface area contributed by atoms with Crippen LogP contribution in [0.5, 0.6) is 5.75 Å². The molecule has 1 aromatic heterocycles. The molecular formula is C21H20BrN3O2. The Balaban J connectivity index is 1.80. The van der Waals surface area contributed by atoms with E-state index in [1.807, 2.05) is 19.9 Å². The van der Waals surface area contributed by atoms with Crippen molar-refractivity contribution in [3.05, 3.63) is 81.1 Å². The summed E-state index contributed by atoms with van der Waals surface area (Å²) in [4.78, 5) is 12.2. The summed E-state index contributed by atoms with van der Waals surface area (Å²) in [6.45, 7) is 6.10. The first kappa shape index (κ1) is 18.9. The van der Waals surface area contributed by atoms with Crippen LogP contribution in [0, 0.1) is 20.8 Å². The first-order valence-electron chi connectivity index (χ1n) is 8.44. The molecule has 3 aromatic rings. The maximum absolute atomic E-state index is 12.2. The molecule has 0 atom stereocenters. The van der Waals surface area contributed by atoms with E-state index in [1.54, 1.807) is 18.3 Å². The van der Waals surface area contributed by atoms with Crippen LogP contribution < -0.4 is 5.43 Å². The van der Waals surface area contributed by atoms with E-state index in [0.29, 0.717) is 4.47 Å². The highest BCUT2D eigenvalue weighted by molar-refractivity contribution is 9.10. The van der Waals surface area contributed by atoms with E-state index in [-0.39, 0.29) is 11.3 Å². The summed E-state index contributed by atoms with van der Waals surface area (Å²) < 4.78 is 2.85. The van der Waals surface area contributed by atoms with Crippen LogP contribution in [0.15, 0.2) is 58.1 Å². The van der Waals surface area contributed by atoms with Gasteiger partial charge < -0.3 is 9.67 Å². The highest BCUT2D eigenvalue weighted by atomic mass is 79.9. The monoisotopic (exact) mass is 425 g/mol. The molecule has 0 bridgehead atoms. The number of amides is 1. The third kappa shape index (κ3) is 4.11. The van der Waals surface area contributed by atoms with Crippen molar-refractivity contribution < 1.29 is 9.90 Å². The molecule has 0 fully saturated rings. The van der Waals surface area contributed by atoms with Crippen molar-refractivity contribution in [1.29, 1.82) is 0 Å². The lowest BCUT2D eigenvalue weighted by Crippen LogP contribution is -2.17. The lowest BCUT2D eigenvalue weighted by atomic mass is 10.2. The van der Waals surface area contributed by atoms with E-state index in [9.17, 15) is 9.90 Å². The Hall–Kier alpha value is -2.86. The molecule has 5 nitrogen and oxygen atoms in total. The number of carbonyl (C=O) groups excluding carboxylic acids is 1. The molecule has 0 unspecified atom stereocenters. The van der Waals surface area contributed by atoms with Crippen molar-refractivity contribution in [2.75, 3.05) is 0 Å². The zero-order chi connectivity index (χ0) is 19.6. The van der Waals surface area contributed by atoms with Gasteiger partial charge in [-0.3, -0.25) is 4.79 Å². The maximum Gasteiger partial charge on any atom is 0.275 e. The van der Waals surface area contributed by atoms with Gasteiger partial charge in [0.05, 0.1) is 11.8 Å². The predicted molar refractivity (Wildman–Crippen MR) is 111 cm³/mol. The van der Waals surface area contributed by atoms with Crippen molar-refractivity contribution in [3.63, 3.8) is 0 Å². The van der Waals surface area contributed by atoms with E-state index in [0.717, 1.165) is 22.6 Å². The molecule has 3 rings (SSSR count). The molecule has 27 heavy (non-hydrogen) atoms. The Morgan fingerprint density at radius 1 is 1.11 bits per heavy atom. The average Bonchev–Trinajstić information content (AvgIpc) is 2.91. The van der Waals surface area contributed by atoms with E-state index < -0.39 is 5.91 Å². The molecule has 0 aliphatic carbocycles. The van der Waals surface area contributed by atoms with Crippen LogP contribution in [0.3, 0.4) is 0 Å². The van der Waals surface area contributed by atoms with Gasteiger partial charge in [-0.1, -0.05) is 33.6 Å². The number of rotatable bonds is 4.